The summed E-state index contributed by atoms with van der Waals surface area (Å²) in [6, 6.07) is 1.94. The van der Waals surface area contributed by atoms with E-state index in [1.54, 1.807) is 0 Å². The molecule has 6 nitrogen and oxygen atoms in total. The number of aromatic amines is 1. The molecule has 1 unspecified atom stereocenters. The molecule has 1 saturated carbocycles. The van der Waals surface area contributed by atoms with E-state index < -0.39 is 0 Å². The van der Waals surface area contributed by atoms with Crippen LogP contribution in [0.15, 0.2) is 6.07 Å². The Morgan fingerprint density at radius 2 is 2.00 bits per heavy atom. The second kappa shape index (κ2) is 10.5. The monoisotopic (exact) mass is 486 g/mol. The second-order valence-corrected chi connectivity index (χ2v) is 9.32. The molecular weight excluding hydrogens is 459 g/mol. The Bertz CT molecular complexity index is 901. The maximum atomic E-state index is 13.7. The lowest BCUT2D eigenvalue weighted by Crippen LogP contribution is -2.35. The maximum absolute atomic E-state index is 13.7. The fraction of sp³-hybridized carbons (Fsp3) is 0.636. The zero-order valence-electron chi connectivity index (χ0n) is 17.8. The summed E-state index contributed by atoms with van der Waals surface area (Å²) >= 11 is 13.2. The molecule has 1 atom stereocenters. The number of rotatable bonds is 9. The van der Waals surface area contributed by atoms with Crippen LogP contribution in [0.3, 0.4) is 0 Å². The highest BCUT2D eigenvalue weighted by Gasteiger charge is 2.51. The van der Waals surface area contributed by atoms with Crippen LogP contribution in [-0.2, 0) is 12.8 Å². The summed E-state index contributed by atoms with van der Waals surface area (Å²) in [6.45, 7) is 2.64. The van der Waals surface area contributed by atoms with Crippen LogP contribution in [0.4, 0.5) is 0 Å². The van der Waals surface area contributed by atoms with Crippen molar-refractivity contribution in [3.63, 3.8) is 0 Å². The Morgan fingerprint density at radius 1 is 1.23 bits per heavy atom. The molecule has 0 bridgehead atoms. The lowest BCUT2D eigenvalue weighted by atomic mass is 9.68. The SMILES string of the molecule is CCCCC1(C2CCCC2)Cc2cc(OCCCc3nn[nH]n3)c(Cl)c(Cl)c2C1=O.Cl. The molecule has 0 saturated heterocycles. The van der Waals surface area contributed by atoms with Crippen LogP contribution < -0.4 is 4.74 Å². The number of nitrogens with zero attached hydrogens (tertiary/aromatic N) is 3. The van der Waals surface area contributed by atoms with Gasteiger partial charge in [0.25, 0.3) is 0 Å². The van der Waals surface area contributed by atoms with Crippen molar-refractivity contribution in [2.75, 3.05) is 6.61 Å². The third kappa shape index (κ3) is 4.71. The number of ketones is 1. The summed E-state index contributed by atoms with van der Waals surface area (Å²) in [5.41, 5.74) is 1.30. The van der Waals surface area contributed by atoms with Crippen molar-refractivity contribution in [2.45, 2.75) is 71.1 Å². The third-order valence-corrected chi connectivity index (χ3v) is 7.59. The largest absolute Gasteiger partial charge is 0.492 e. The van der Waals surface area contributed by atoms with Gasteiger partial charge >= 0.3 is 0 Å². The fourth-order valence-electron chi connectivity index (χ4n) is 5.22. The van der Waals surface area contributed by atoms with E-state index in [0.717, 1.165) is 50.5 Å². The number of tetrazole rings is 1. The number of carbonyl (C=O) groups is 1. The number of aromatic nitrogens is 4. The van der Waals surface area contributed by atoms with Gasteiger partial charge in [0.05, 0.1) is 11.6 Å². The Labute approximate surface area is 199 Å². The summed E-state index contributed by atoms with van der Waals surface area (Å²) in [7, 11) is 0. The molecule has 31 heavy (non-hydrogen) atoms. The molecule has 1 aromatic carbocycles. The van der Waals surface area contributed by atoms with Crippen molar-refractivity contribution in [1.29, 1.82) is 0 Å². The molecule has 1 heterocycles. The van der Waals surface area contributed by atoms with E-state index in [4.69, 9.17) is 27.9 Å². The van der Waals surface area contributed by atoms with Gasteiger partial charge in [-0.3, -0.25) is 4.79 Å². The first-order chi connectivity index (χ1) is 14.6. The Morgan fingerprint density at radius 3 is 2.68 bits per heavy atom. The number of aryl methyl sites for hydroxylation is 1. The van der Waals surface area contributed by atoms with Gasteiger partial charge in [0, 0.05) is 17.4 Å². The van der Waals surface area contributed by atoms with Crippen LogP contribution >= 0.6 is 35.6 Å². The molecule has 0 amide bonds. The van der Waals surface area contributed by atoms with Crippen molar-refractivity contribution in [2.24, 2.45) is 11.3 Å². The number of ether oxygens (including phenoxy) is 1. The van der Waals surface area contributed by atoms with Crippen molar-refractivity contribution >= 4 is 41.4 Å². The average molecular weight is 488 g/mol. The number of nitrogens with one attached hydrogen (secondary N) is 1. The molecule has 0 spiro atoms. The first kappa shape index (κ1) is 24.3. The quantitative estimate of drug-likeness (QED) is 0.436. The first-order valence-electron chi connectivity index (χ1n) is 11.0. The van der Waals surface area contributed by atoms with E-state index in [9.17, 15) is 4.79 Å². The van der Waals surface area contributed by atoms with E-state index in [-0.39, 0.29) is 23.6 Å². The molecule has 2 aliphatic carbocycles. The van der Waals surface area contributed by atoms with Gasteiger partial charge in [-0.05, 0) is 49.7 Å². The fourth-order valence-corrected chi connectivity index (χ4v) is 5.72. The highest BCUT2D eigenvalue weighted by atomic mass is 35.5. The first-order valence-corrected chi connectivity index (χ1v) is 11.7. The molecule has 2 aliphatic rings. The second-order valence-electron chi connectivity index (χ2n) is 8.56. The van der Waals surface area contributed by atoms with Gasteiger partial charge < -0.3 is 4.74 Å². The minimum atomic E-state index is -0.320. The molecule has 0 aliphatic heterocycles. The van der Waals surface area contributed by atoms with Gasteiger partial charge in [-0.25, -0.2) is 0 Å². The highest BCUT2D eigenvalue weighted by molar-refractivity contribution is 6.45. The van der Waals surface area contributed by atoms with E-state index in [1.165, 1.54) is 12.8 Å². The topological polar surface area (TPSA) is 80.8 Å². The lowest BCUT2D eigenvalue weighted by molar-refractivity contribution is 0.0671. The van der Waals surface area contributed by atoms with Crippen LogP contribution in [0.1, 0.15) is 80.0 Å². The molecule has 1 N–H and O–H groups in total. The minimum Gasteiger partial charge on any atom is -0.492 e. The molecule has 9 heteroatoms. The number of benzene rings is 1. The molecule has 1 fully saturated rings. The number of fused-ring (bicyclic) bond motifs is 1. The van der Waals surface area contributed by atoms with Crippen LogP contribution in [0, 0.1) is 11.3 Å². The molecule has 170 valence electrons. The maximum Gasteiger partial charge on any atom is 0.174 e. The van der Waals surface area contributed by atoms with Crippen LogP contribution in [0.2, 0.25) is 10.0 Å². The average Bonchev–Trinajstić information content (AvgIpc) is 3.49. The predicted molar refractivity (Wildman–Crippen MR) is 124 cm³/mol. The van der Waals surface area contributed by atoms with E-state index in [2.05, 4.69) is 27.5 Å². The predicted octanol–water partition coefficient (Wildman–Crippen LogP) is 6.05. The molecule has 0 radical (unpaired) electrons. The third-order valence-electron chi connectivity index (χ3n) is 6.74. The van der Waals surface area contributed by atoms with Crippen LogP contribution in [-0.4, -0.2) is 33.0 Å². The summed E-state index contributed by atoms with van der Waals surface area (Å²) in [5, 5.41) is 14.6. The summed E-state index contributed by atoms with van der Waals surface area (Å²) in [5.74, 6) is 1.85. The number of Topliss-reactive ketones (excluding diaryl/α,β-unsaturated/α-hetero) is 1. The van der Waals surface area contributed by atoms with E-state index in [1.807, 2.05) is 6.07 Å². The van der Waals surface area contributed by atoms with Gasteiger partial charge in [0.2, 0.25) is 0 Å². The Kier molecular flexibility index (Phi) is 8.22. The summed E-state index contributed by atoms with van der Waals surface area (Å²) in [4.78, 5) is 13.7. The zero-order chi connectivity index (χ0) is 21.1. The summed E-state index contributed by atoms with van der Waals surface area (Å²) in [6.07, 6.45) is 9.90. The number of carbonyl (C=O) groups excluding carboxylic acids is 1. The summed E-state index contributed by atoms with van der Waals surface area (Å²) < 4.78 is 5.94. The Hall–Kier alpha value is -1.37. The molecular formula is C22H29Cl3N4O2. The van der Waals surface area contributed by atoms with E-state index in [0.29, 0.717) is 46.1 Å². The smallest absolute Gasteiger partial charge is 0.174 e. The van der Waals surface area contributed by atoms with E-state index >= 15 is 0 Å². The van der Waals surface area contributed by atoms with Gasteiger partial charge in [0.1, 0.15) is 10.8 Å². The Balaban J connectivity index is 0.00000272. The number of hydrogen-bond acceptors (Lipinski definition) is 5. The number of H-pyrrole nitrogens is 1. The molecule has 2 aromatic rings. The number of hydrogen-bond donors (Lipinski definition) is 1. The van der Waals surface area contributed by atoms with Crippen molar-refractivity contribution < 1.29 is 9.53 Å². The van der Waals surface area contributed by atoms with Crippen molar-refractivity contribution in [3.05, 3.63) is 33.1 Å². The van der Waals surface area contributed by atoms with Crippen LogP contribution in [0.25, 0.3) is 0 Å². The zero-order valence-corrected chi connectivity index (χ0v) is 20.1. The standard InChI is InChI=1S/C22H28Cl2N4O2.ClH/c1-2-3-10-22(15-7-4-5-8-15)13-14-12-16(19(23)20(24)18(14)21(22)29)30-11-6-9-17-25-27-28-26-17;/h12,15H,2-11,13H2,1H3,(H,25,26,27,28);1H. The van der Waals surface area contributed by atoms with Gasteiger partial charge in [-0.15, -0.1) is 22.6 Å². The van der Waals surface area contributed by atoms with Gasteiger partial charge in [-0.1, -0.05) is 61.0 Å². The number of halogens is 3. The van der Waals surface area contributed by atoms with Gasteiger partial charge in [0.15, 0.2) is 11.6 Å². The van der Waals surface area contributed by atoms with Gasteiger partial charge in [-0.2, -0.15) is 5.21 Å². The molecule has 4 rings (SSSR count). The normalized spacial score (nSPS) is 20.7. The highest BCUT2D eigenvalue weighted by Crippen LogP contribution is 2.54. The van der Waals surface area contributed by atoms with Crippen molar-refractivity contribution in [3.8, 4) is 5.75 Å². The van der Waals surface area contributed by atoms with Crippen molar-refractivity contribution in [1.82, 2.24) is 20.6 Å². The lowest BCUT2D eigenvalue weighted by Gasteiger charge is -2.34. The minimum absolute atomic E-state index is 0. The number of unbranched alkanes of at least 4 members (excludes halogenated alkanes) is 1. The van der Waals surface area contributed by atoms with Crippen LogP contribution in [0.5, 0.6) is 5.75 Å². The molecule has 1 aromatic heterocycles.